The van der Waals surface area contributed by atoms with Crippen LogP contribution in [0.4, 0.5) is 14.9 Å². The van der Waals surface area contributed by atoms with Crippen LogP contribution in [0.2, 0.25) is 0 Å². The molecule has 1 aromatic carbocycles. The van der Waals surface area contributed by atoms with Crippen molar-refractivity contribution in [2.24, 2.45) is 0 Å². The van der Waals surface area contributed by atoms with Crippen molar-refractivity contribution >= 4 is 29.4 Å². The molecule has 0 saturated carbocycles. The molecule has 5 nitrogen and oxygen atoms in total. The van der Waals surface area contributed by atoms with Crippen molar-refractivity contribution in [3.63, 3.8) is 0 Å². The predicted molar refractivity (Wildman–Crippen MR) is 87.0 cm³/mol. The Bertz CT molecular complexity index is 675. The molecule has 3 heterocycles. The number of imide groups is 1. The van der Waals surface area contributed by atoms with E-state index in [0.29, 0.717) is 12.2 Å². The zero-order valence-electron chi connectivity index (χ0n) is 12.7. The summed E-state index contributed by atoms with van der Waals surface area (Å²) in [6.07, 6.45) is 2.51. The molecule has 1 atom stereocenters. The number of urea groups is 1. The Labute approximate surface area is 138 Å². The van der Waals surface area contributed by atoms with Crippen molar-refractivity contribution in [3.05, 3.63) is 29.6 Å². The average Bonchev–Trinajstić information content (AvgIpc) is 3.09. The quantitative estimate of drug-likeness (QED) is 0.840. The summed E-state index contributed by atoms with van der Waals surface area (Å²) in [6, 6.07) is 4.41. The first kappa shape index (κ1) is 14.8. The van der Waals surface area contributed by atoms with Gasteiger partial charge in [-0.25, -0.2) is 14.1 Å². The van der Waals surface area contributed by atoms with Gasteiger partial charge < -0.3 is 10.2 Å². The number of aryl methyl sites for hydroxylation is 1. The van der Waals surface area contributed by atoms with Crippen molar-refractivity contribution in [1.29, 1.82) is 0 Å². The Balaban J connectivity index is 1.59. The van der Waals surface area contributed by atoms with E-state index in [1.165, 1.54) is 17.0 Å². The second kappa shape index (κ2) is 5.40. The fourth-order valence-corrected chi connectivity index (χ4v) is 4.90. The summed E-state index contributed by atoms with van der Waals surface area (Å²) in [5.41, 5.74) is 1.14. The Morgan fingerprint density at radius 2 is 2.22 bits per heavy atom. The second-order valence-corrected chi connectivity index (χ2v) is 7.43. The number of benzene rings is 1. The molecule has 3 aliphatic rings. The largest absolute Gasteiger partial charge is 0.353 e. The molecule has 1 spiro atoms. The van der Waals surface area contributed by atoms with E-state index < -0.39 is 5.54 Å². The maximum absolute atomic E-state index is 13.6. The highest BCUT2D eigenvalue weighted by atomic mass is 32.2. The van der Waals surface area contributed by atoms with Gasteiger partial charge in [-0.1, -0.05) is 6.07 Å². The zero-order valence-corrected chi connectivity index (χ0v) is 13.5. The third kappa shape index (κ3) is 2.38. The Kier molecular flexibility index (Phi) is 3.48. The first-order valence-corrected chi connectivity index (χ1v) is 9.00. The van der Waals surface area contributed by atoms with Crippen LogP contribution in [0.3, 0.4) is 0 Å². The van der Waals surface area contributed by atoms with E-state index in [-0.39, 0.29) is 24.4 Å². The minimum Gasteiger partial charge on any atom is -0.353 e. The van der Waals surface area contributed by atoms with E-state index in [9.17, 15) is 14.0 Å². The standard InChI is InChI=1S/C16H18FN3O2S/c17-12-4-3-11-2-1-6-19(13(11)8-12)10-20-14(21)16(18-15(20)22)5-7-23-9-16/h3-4,8H,1-2,5-7,9-10H2,(H,18,22)/t16-/m1/s1. The molecule has 0 aliphatic carbocycles. The minimum absolute atomic E-state index is 0.143. The highest BCUT2D eigenvalue weighted by Crippen LogP contribution is 2.34. The second-order valence-electron chi connectivity index (χ2n) is 6.33. The predicted octanol–water partition coefficient (Wildman–Crippen LogP) is 1.96. The Hall–Kier alpha value is -1.76. The van der Waals surface area contributed by atoms with Crippen molar-refractivity contribution in [2.75, 3.05) is 29.6 Å². The molecule has 1 N–H and O–H groups in total. The number of hydrogen-bond acceptors (Lipinski definition) is 4. The van der Waals surface area contributed by atoms with E-state index in [1.54, 1.807) is 17.8 Å². The molecule has 0 radical (unpaired) electrons. The lowest BCUT2D eigenvalue weighted by molar-refractivity contribution is -0.130. The van der Waals surface area contributed by atoms with Gasteiger partial charge in [-0.3, -0.25) is 4.79 Å². The molecule has 1 aromatic rings. The van der Waals surface area contributed by atoms with Gasteiger partial charge >= 0.3 is 6.03 Å². The van der Waals surface area contributed by atoms with E-state index in [4.69, 9.17) is 0 Å². The topological polar surface area (TPSA) is 52.7 Å². The van der Waals surface area contributed by atoms with E-state index in [1.807, 2.05) is 4.90 Å². The number of amides is 3. The lowest BCUT2D eigenvalue weighted by Crippen LogP contribution is -2.48. The number of rotatable bonds is 2. The molecule has 2 fully saturated rings. The molecule has 0 aromatic heterocycles. The first-order chi connectivity index (χ1) is 11.1. The lowest BCUT2D eigenvalue weighted by atomic mass is 9.99. The number of carbonyl (C=O) groups excluding carboxylic acids is 2. The van der Waals surface area contributed by atoms with Gasteiger partial charge in [0.25, 0.3) is 5.91 Å². The van der Waals surface area contributed by atoms with Gasteiger partial charge in [-0.2, -0.15) is 11.8 Å². The number of carbonyl (C=O) groups is 2. The van der Waals surface area contributed by atoms with Gasteiger partial charge in [0, 0.05) is 18.0 Å². The number of nitrogens with one attached hydrogen (secondary N) is 1. The molecule has 23 heavy (non-hydrogen) atoms. The molecule has 0 bridgehead atoms. The molecule has 122 valence electrons. The fourth-order valence-electron chi connectivity index (χ4n) is 3.58. The number of nitrogens with zero attached hydrogens (tertiary/aromatic N) is 2. The number of anilines is 1. The van der Waals surface area contributed by atoms with Gasteiger partial charge in [0.1, 0.15) is 18.0 Å². The molecular formula is C16H18FN3O2S. The zero-order chi connectivity index (χ0) is 16.0. The minimum atomic E-state index is -0.720. The van der Waals surface area contributed by atoms with Crippen LogP contribution in [-0.2, 0) is 11.2 Å². The summed E-state index contributed by atoms with van der Waals surface area (Å²) in [5, 5.41) is 2.87. The van der Waals surface area contributed by atoms with Crippen LogP contribution in [-0.4, -0.2) is 47.1 Å². The normalized spacial score (nSPS) is 26.8. The molecule has 3 aliphatic heterocycles. The third-order valence-electron chi connectivity index (χ3n) is 4.84. The smallest absolute Gasteiger partial charge is 0.326 e. The third-order valence-corrected chi connectivity index (χ3v) is 6.03. The molecule has 7 heteroatoms. The number of fused-ring (bicyclic) bond motifs is 1. The van der Waals surface area contributed by atoms with Gasteiger partial charge in [0.2, 0.25) is 0 Å². The maximum Gasteiger partial charge on any atom is 0.326 e. The summed E-state index contributed by atoms with van der Waals surface area (Å²) >= 11 is 1.69. The van der Waals surface area contributed by atoms with Crippen LogP contribution in [0.1, 0.15) is 18.4 Å². The van der Waals surface area contributed by atoms with Crippen LogP contribution in [0.5, 0.6) is 0 Å². The average molecular weight is 335 g/mol. The van der Waals surface area contributed by atoms with Crippen LogP contribution in [0.25, 0.3) is 0 Å². The highest BCUT2D eigenvalue weighted by Gasteiger charge is 2.53. The molecule has 4 rings (SSSR count). The van der Waals surface area contributed by atoms with Crippen molar-refractivity contribution in [1.82, 2.24) is 10.2 Å². The Morgan fingerprint density at radius 3 is 3.00 bits per heavy atom. The van der Waals surface area contributed by atoms with Crippen LogP contribution < -0.4 is 10.2 Å². The van der Waals surface area contributed by atoms with Gasteiger partial charge in [-0.05, 0) is 42.7 Å². The SMILES string of the molecule is O=C1N[C@@]2(CCSC2)C(=O)N1CN1CCCc2ccc(F)cc21. The maximum atomic E-state index is 13.6. The fraction of sp³-hybridized carbons (Fsp3) is 0.500. The number of halogens is 1. The van der Waals surface area contributed by atoms with E-state index in [0.717, 1.165) is 36.4 Å². The number of thioether (sulfide) groups is 1. The first-order valence-electron chi connectivity index (χ1n) is 7.84. The van der Waals surface area contributed by atoms with Crippen molar-refractivity contribution < 1.29 is 14.0 Å². The summed E-state index contributed by atoms with van der Waals surface area (Å²) in [7, 11) is 0. The Morgan fingerprint density at radius 1 is 1.35 bits per heavy atom. The van der Waals surface area contributed by atoms with Crippen LogP contribution >= 0.6 is 11.8 Å². The van der Waals surface area contributed by atoms with Gasteiger partial charge in [-0.15, -0.1) is 0 Å². The summed E-state index contributed by atoms with van der Waals surface area (Å²) in [6.45, 7) is 0.906. The lowest BCUT2D eigenvalue weighted by Gasteiger charge is -2.33. The summed E-state index contributed by atoms with van der Waals surface area (Å²) in [5.74, 6) is 1.09. The van der Waals surface area contributed by atoms with E-state index in [2.05, 4.69) is 5.32 Å². The van der Waals surface area contributed by atoms with Gasteiger partial charge in [0.05, 0.1) is 0 Å². The molecule has 3 amide bonds. The van der Waals surface area contributed by atoms with Gasteiger partial charge in [0.15, 0.2) is 0 Å². The monoisotopic (exact) mass is 335 g/mol. The van der Waals surface area contributed by atoms with Crippen molar-refractivity contribution in [2.45, 2.75) is 24.8 Å². The summed E-state index contributed by atoms with van der Waals surface area (Å²) < 4.78 is 13.6. The molecular weight excluding hydrogens is 317 g/mol. The number of hydrogen-bond donors (Lipinski definition) is 1. The van der Waals surface area contributed by atoms with Crippen molar-refractivity contribution in [3.8, 4) is 0 Å². The molecule has 0 unspecified atom stereocenters. The summed E-state index contributed by atoms with van der Waals surface area (Å²) in [4.78, 5) is 28.2. The van der Waals surface area contributed by atoms with Crippen LogP contribution in [0.15, 0.2) is 18.2 Å². The van der Waals surface area contributed by atoms with E-state index >= 15 is 0 Å². The van der Waals surface area contributed by atoms with Crippen LogP contribution in [0, 0.1) is 5.82 Å². The highest BCUT2D eigenvalue weighted by molar-refractivity contribution is 7.99. The molecule has 2 saturated heterocycles.